The molecule has 3 rings (SSSR count). The first-order chi connectivity index (χ1) is 12.6. The Morgan fingerprint density at radius 3 is 1.85 bits per heavy atom. The van der Waals surface area contributed by atoms with Gasteiger partial charge >= 0.3 is 0 Å². The SMILES string of the molecule is CC.CC.CCN1CCC2(CC1)CCN(c1ncc(C(C)=O)cn1)CC2. The number of anilines is 1. The van der Waals surface area contributed by atoms with E-state index in [-0.39, 0.29) is 5.78 Å². The van der Waals surface area contributed by atoms with Crippen LogP contribution in [0.5, 0.6) is 0 Å². The Bertz CT molecular complexity index is 511. The molecule has 2 saturated heterocycles. The van der Waals surface area contributed by atoms with Gasteiger partial charge in [-0.3, -0.25) is 4.79 Å². The first-order valence-corrected chi connectivity index (χ1v) is 10.4. The molecule has 0 unspecified atom stereocenters. The minimum Gasteiger partial charge on any atom is -0.341 e. The van der Waals surface area contributed by atoms with Crippen molar-refractivity contribution in [3.63, 3.8) is 0 Å². The van der Waals surface area contributed by atoms with E-state index in [9.17, 15) is 4.79 Å². The summed E-state index contributed by atoms with van der Waals surface area (Å²) in [5.74, 6) is 0.790. The van der Waals surface area contributed by atoms with E-state index in [0.717, 1.165) is 19.0 Å². The molecule has 2 fully saturated rings. The molecule has 26 heavy (non-hydrogen) atoms. The second kappa shape index (κ2) is 11.3. The fourth-order valence-corrected chi connectivity index (χ4v) is 3.69. The highest BCUT2D eigenvalue weighted by Crippen LogP contribution is 2.41. The largest absolute Gasteiger partial charge is 0.341 e. The van der Waals surface area contributed by atoms with E-state index in [1.54, 1.807) is 19.3 Å². The van der Waals surface area contributed by atoms with Crippen LogP contribution in [0, 0.1) is 5.41 Å². The van der Waals surface area contributed by atoms with Gasteiger partial charge in [0, 0.05) is 25.5 Å². The molecular weight excluding hydrogens is 324 g/mol. The molecule has 5 heteroatoms. The van der Waals surface area contributed by atoms with Crippen LogP contribution in [0.2, 0.25) is 0 Å². The maximum atomic E-state index is 11.3. The van der Waals surface area contributed by atoms with Crippen molar-refractivity contribution < 1.29 is 4.79 Å². The van der Waals surface area contributed by atoms with Gasteiger partial charge in [-0.25, -0.2) is 9.97 Å². The molecule has 0 bridgehead atoms. The minimum atomic E-state index is 0.0202. The molecule has 0 amide bonds. The molecule has 0 aliphatic carbocycles. The Kier molecular flexibility index (Phi) is 9.78. The van der Waals surface area contributed by atoms with Gasteiger partial charge in [-0.2, -0.15) is 0 Å². The Morgan fingerprint density at radius 2 is 1.42 bits per heavy atom. The molecule has 0 N–H and O–H groups in total. The first-order valence-electron chi connectivity index (χ1n) is 10.4. The Morgan fingerprint density at radius 1 is 0.962 bits per heavy atom. The molecule has 2 aliphatic rings. The maximum absolute atomic E-state index is 11.3. The van der Waals surface area contributed by atoms with Gasteiger partial charge in [0.2, 0.25) is 5.95 Å². The van der Waals surface area contributed by atoms with Crippen molar-refractivity contribution >= 4 is 11.7 Å². The summed E-state index contributed by atoms with van der Waals surface area (Å²) in [6, 6.07) is 0. The summed E-state index contributed by atoms with van der Waals surface area (Å²) >= 11 is 0. The van der Waals surface area contributed by atoms with E-state index in [2.05, 4.69) is 26.7 Å². The van der Waals surface area contributed by atoms with Gasteiger partial charge in [0.25, 0.3) is 0 Å². The lowest BCUT2D eigenvalue weighted by atomic mass is 9.71. The van der Waals surface area contributed by atoms with E-state index in [1.807, 2.05) is 27.7 Å². The molecule has 0 aromatic carbocycles. The third-order valence-corrected chi connectivity index (χ3v) is 5.52. The summed E-state index contributed by atoms with van der Waals surface area (Å²) < 4.78 is 0. The lowest BCUT2D eigenvalue weighted by Gasteiger charge is -2.46. The molecule has 2 aliphatic heterocycles. The van der Waals surface area contributed by atoms with E-state index in [4.69, 9.17) is 0 Å². The van der Waals surface area contributed by atoms with Crippen LogP contribution < -0.4 is 4.90 Å². The smallest absolute Gasteiger partial charge is 0.225 e. The van der Waals surface area contributed by atoms with Crippen molar-refractivity contribution in [3.8, 4) is 0 Å². The maximum Gasteiger partial charge on any atom is 0.225 e. The fraction of sp³-hybridized carbons (Fsp3) is 0.762. The zero-order chi connectivity index (χ0) is 19.6. The van der Waals surface area contributed by atoms with Crippen molar-refractivity contribution in [3.05, 3.63) is 18.0 Å². The number of hydrogen-bond acceptors (Lipinski definition) is 5. The molecule has 148 valence electrons. The van der Waals surface area contributed by atoms with Gasteiger partial charge in [0.1, 0.15) is 0 Å². The Balaban J connectivity index is 0.000000791. The van der Waals surface area contributed by atoms with Crippen LogP contribution in [0.15, 0.2) is 12.4 Å². The predicted molar refractivity (Wildman–Crippen MR) is 110 cm³/mol. The van der Waals surface area contributed by atoms with Gasteiger partial charge in [0.15, 0.2) is 5.78 Å². The number of piperidine rings is 2. The second-order valence-electron chi connectivity index (χ2n) is 6.75. The topological polar surface area (TPSA) is 49.3 Å². The molecule has 5 nitrogen and oxygen atoms in total. The number of nitrogens with zero attached hydrogens (tertiary/aromatic N) is 4. The van der Waals surface area contributed by atoms with Crippen LogP contribution in [0.3, 0.4) is 0 Å². The third kappa shape index (κ3) is 5.76. The molecule has 1 spiro atoms. The van der Waals surface area contributed by atoms with Crippen molar-refractivity contribution in [2.45, 2.75) is 67.2 Å². The highest BCUT2D eigenvalue weighted by molar-refractivity contribution is 5.93. The van der Waals surface area contributed by atoms with Crippen LogP contribution in [0.1, 0.15) is 77.6 Å². The van der Waals surface area contributed by atoms with Crippen LogP contribution in [0.4, 0.5) is 5.95 Å². The van der Waals surface area contributed by atoms with Crippen LogP contribution in [0.25, 0.3) is 0 Å². The van der Waals surface area contributed by atoms with Gasteiger partial charge in [-0.1, -0.05) is 34.6 Å². The predicted octanol–water partition coefficient (Wildman–Crippen LogP) is 4.43. The lowest BCUT2D eigenvalue weighted by Crippen LogP contribution is -2.47. The van der Waals surface area contributed by atoms with Crippen molar-refractivity contribution in [2.75, 3.05) is 37.6 Å². The molecule has 0 radical (unpaired) electrons. The van der Waals surface area contributed by atoms with Crippen molar-refractivity contribution in [1.82, 2.24) is 14.9 Å². The Labute approximate surface area is 160 Å². The van der Waals surface area contributed by atoms with Crippen molar-refractivity contribution in [2.24, 2.45) is 5.41 Å². The quantitative estimate of drug-likeness (QED) is 0.744. The van der Waals surface area contributed by atoms with E-state index in [0.29, 0.717) is 11.0 Å². The third-order valence-electron chi connectivity index (χ3n) is 5.52. The lowest BCUT2D eigenvalue weighted by molar-refractivity contribution is 0.0828. The number of Topliss-reactive ketones (excluding diaryl/α,β-unsaturated/α-hetero) is 1. The Hall–Kier alpha value is -1.49. The van der Waals surface area contributed by atoms with Crippen LogP contribution in [-0.4, -0.2) is 53.4 Å². The number of carbonyl (C=O) groups is 1. The van der Waals surface area contributed by atoms with E-state index >= 15 is 0 Å². The zero-order valence-electron chi connectivity index (χ0n) is 17.7. The monoisotopic (exact) mass is 362 g/mol. The molecule has 3 heterocycles. The summed E-state index contributed by atoms with van der Waals surface area (Å²) in [5.41, 5.74) is 1.13. The van der Waals surface area contributed by atoms with E-state index < -0.39 is 0 Å². The number of rotatable bonds is 3. The number of aromatic nitrogens is 2. The number of hydrogen-bond donors (Lipinski definition) is 0. The zero-order valence-corrected chi connectivity index (χ0v) is 17.7. The van der Waals surface area contributed by atoms with Gasteiger partial charge in [0.05, 0.1) is 5.56 Å². The van der Waals surface area contributed by atoms with E-state index in [1.165, 1.54) is 45.3 Å². The van der Waals surface area contributed by atoms with Crippen LogP contribution in [-0.2, 0) is 0 Å². The standard InChI is InChI=1S/C17H26N4O.2C2H6/c1-3-20-8-4-17(5-9-20)6-10-21(11-7-17)16-18-12-15(13-19-16)14(2)22;2*1-2/h12-13H,3-11H2,1-2H3;2*1-2H3. The van der Waals surface area contributed by atoms with Gasteiger partial charge < -0.3 is 9.80 Å². The summed E-state index contributed by atoms with van der Waals surface area (Å²) in [4.78, 5) is 24.8. The van der Waals surface area contributed by atoms with Crippen LogP contribution >= 0.6 is 0 Å². The average Bonchev–Trinajstić information content (AvgIpc) is 2.72. The fourth-order valence-electron chi connectivity index (χ4n) is 3.69. The normalized spacial score (nSPS) is 19.1. The second-order valence-corrected chi connectivity index (χ2v) is 6.75. The summed E-state index contributed by atoms with van der Waals surface area (Å²) in [6.45, 7) is 17.5. The van der Waals surface area contributed by atoms with Gasteiger partial charge in [-0.15, -0.1) is 0 Å². The van der Waals surface area contributed by atoms with Crippen molar-refractivity contribution in [1.29, 1.82) is 0 Å². The number of carbonyl (C=O) groups excluding carboxylic acids is 1. The number of ketones is 1. The van der Waals surface area contributed by atoms with Gasteiger partial charge in [-0.05, 0) is 57.7 Å². The highest BCUT2D eigenvalue weighted by Gasteiger charge is 2.37. The number of likely N-dealkylation sites (tertiary alicyclic amines) is 1. The molecular formula is C21H38N4O. The molecule has 1 aromatic heterocycles. The summed E-state index contributed by atoms with van der Waals surface area (Å²) in [6.07, 6.45) is 8.44. The highest BCUT2D eigenvalue weighted by atomic mass is 16.1. The molecule has 0 saturated carbocycles. The molecule has 1 aromatic rings. The minimum absolute atomic E-state index is 0.0202. The molecule has 0 atom stereocenters. The first kappa shape index (κ1) is 22.6. The summed E-state index contributed by atoms with van der Waals surface area (Å²) in [7, 11) is 0. The summed E-state index contributed by atoms with van der Waals surface area (Å²) in [5, 5.41) is 0. The average molecular weight is 363 g/mol.